The average Bonchev–Trinajstić information content (AvgIpc) is 3.31. The predicted octanol–water partition coefficient (Wildman–Crippen LogP) is 3.84. The van der Waals surface area contributed by atoms with Gasteiger partial charge in [-0.3, -0.25) is 14.1 Å². The minimum atomic E-state index is -4.24. The number of rotatable bonds is 13. The maximum atomic E-state index is 14.0. The van der Waals surface area contributed by atoms with Crippen LogP contribution < -0.4 is 0 Å². The van der Waals surface area contributed by atoms with Crippen molar-refractivity contribution in [1.82, 2.24) is 8.61 Å². The molecule has 0 aliphatic carbocycles. The number of ether oxygens (including phenoxy) is 2. The maximum Gasteiger partial charge on any atom is 0.321 e. The first-order valence-corrected chi connectivity index (χ1v) is 15.3. The Kier molecular flexibility index (Phi) is 9.89. The summed E-state index contributed by atoms with van der Waals surface area (Å²) in [4.78, 5) is 24.5. The van der Waals surface area contributed by atoms with Gasteiger partial charge in [0.1, 0.15) is 24.3 Å². The first-order valence-electron chi connectivity index (χ1n) is 12.8. The van der Waals surface area contributed by atoms with Crippen molar-refractivity contribution in [3.63, 3.8) is 0 Å². The summed E-state index contributed by atoms with van der Waals surface area (Å²) in [5.41, 5.74) is 2.09. The second-order valence-electron chi connectivity index (χ2n) is 8.94. The molecule has 11 nitrogen and oxygen atoms in total. The highest BCUT2D eigenvalue weighted by atomic mass is 32.2. The molecule has 1 aromatic heterocycles. The summed E-state index contributed by atoms with van der Waals surface area (Å²) in [6.07, 6.45) is 0. The van der Waals surface area contributed by atoms with Gasteiger partial charge in [0.05, 0.1) is 18.1 Å². The SMILES string of the molecule is CCOC(=O)CN(Cc1ccccc1CN(CC(=O)OCC)S(=O)(=O)c1ccc2oc3ccccc3c2c1)S(=O)O. The van der Waals surface area contributed by atoms with E-state index in [9.17, 15) is 26.8 Å². The van der Waals surface area contributed by atoms with Gasteiger partial charge in [0.25, 0.3) is 0 Å². The Morgan fingerprint density at radius 2 is 1.41 bits per heavy atom. The molecule has 0 fully saturated rings. The molecule has 1 heterocycles. The van der Waals surface area contributed by atoms with Crippen molar-refractivity contribution >= 4 is 55.2 Å². The van der Waals surface area contributed by atoms with E-state index in [1.54, 1.807) is 50.2 Å². The monoisotopic (exact) mass is 602 g/mol. The van der Waals surface area contributed by atoms with Crippen LogP contribution in [0.2, 0.25) is 0 Å². The van der Waals surface area contributed by atoms with Gasteiger partial charge < -0.3 is 13.9 Å². The molecule has 4 aromatic rings. The van der Waals surface area contributed by atoms with E-state index in [0.29, 0.717) is 27.7 Å². The van der Waals surface area contributed by atoms with E-state index < -0.39 is 46.3 Å². The van der Waals surface area contributed by atoms with Crippen LogP contribution in [0.4, 0.5) is 0 Å². The van der Waals surface area contributed by atoms with Crippen LogP contribution in [0.15, 0.2) is 76.0 Å². The van der Waals surface area contributed by atoms with E-state index >= 15 is 0 Å². The van der Waals surface area contributed by atoms with E-state index in [-0.39, 0.29) is 31.2 Å². The fourth-order valence-corrected chi connectivity index (χ4v) is 6.21. The van der Waals surface area contributed by atoms with Crippen molar-refractivity contribution in [1.29, 1.82) is 0 Å². The van der Waals surface area contributed by atoms with E-state index in [0.717, 1.165) is 14.0 Å². The summed E-state index contributed by atoms with van der Waals surface area (Å²) >= 11 is -2.51. The van der Waals surface area contributed by atoms with Crippen molar-refractivity contribution < 1.29 is 40.7 Å². The van der Waals surface area contributed by atoms with Gasteiger partial charge in [-0.25, -0.2) is 12.6 Å². The van der Waals surface area contributed by atoms with Crippen molar-refractivity contribution in [2.45, 2.75) is 31.8 Å². The molecule has 0 aliphatic heterocycles. The number of fused-ring (bicyclic) bond motifs is 3. The first kappa shape index (κ1) is 30.3. The molecule has 1 unspecified atom stereocenters. The van der Waals surface area contributed by atoms with Crippen LogP contribution in [0.5, 0.6) is 0 Å². The molecule has 0 bridgehead atoms. The number of para-hydroxylation sites is 1. The number of hydrogen-bond acceptors (Lipinski definition) is 8. The summed E-state index contributed by atoms with van der Waals surface area (Å²) < 4.78 is 67.4. The summed E-state index contributed by atoms with van der Waals surface area (Å²) in [6.45, 7) is 2.02. The van der Waals surface area contributed by atoms with Crippen molar-refractivity contribution in [3.05, 3.63) is 77.9 Å². The third-order valence-electron chi connectivity index (χ3n) is 6.24. The Labute approximate surface area is 240 Å². The quantitative estimate of drug-likeness (QED) is 0.178. The van der Waals surface area contributed by atoms with Crippen molar-refractivity contribution in [2.75, 3.05) is 26.3 Å². The van der Waals surface area contributed by atoms with Gasteiger partial charge >= 0.3 is 11.9 Å². The Bertz CT molecular complexity index is 1680. The highest BCUT2D eigenvalue weighted by molar-refractivity contribution is 7.89. The lowest BCUT2D eigenvalue weighted by Crippen LogP contribution is -2.37. The first-order chi connectivity index (χ1) is 19.6. The summed E-state index contributed by atoms with van der Waals surface area (Å²) in [5, 5.41) is 1.36. The van der Waals surface area contributed by atoms with E-state index in [4.69, 9.17) is 13.9 Å². The molecule has 0 saturated heterocycles. The fourth-order valence-electron chi connectivity index (χ4n) is 4.35. The minimum absolute atomic E-state index is 0.0428. The largest absolute Gasteiger partial charge is 0.465 e. The molecule has 0 spiro atoms. The highest BCUT2D eigenvalue weighted by Crippen LogP contribution is 2.31. The predicted molar refractivity (Wildman–Crippen MR) is 152 cm³/mol. The number of sulfonamides is 1. The molecule has 1 atom stereocenters. The number of furan rings is 1. The van der Waals surface area contributed by atoms with Crippen molar-refractivity contribution in [2.24, 2.45) is 0 Å². The van der Waals surface area contributed by atoms with Gasteiger partial charge in [0.15, 0.2) is 0 Å². The molecule has 1 N–H and O–H groups in total. The second kappa shape index (κ2) is 13.4. The zero-order valence-electron chi connectivity index (χ0n) is 22.5. The Morgan fingerprint density at radius 3 is 2.07 bits per heavy atom. The Hall–Kier alpha value is -3.62. The lowest BCUT2D eigenvalue weighted by atomic mass is 10.1. The van der Waals surface area contributed by atoms with Crippen LogP contribution in [-0.4, -0.2) is 64.0 Å². The number of benzene rings is 3. The van der Waals surface area contributed by atoms with Gasteiger partial charge in [-0.05, 0) is 49.2 Å². The lowest BCUT2D eigenvalue weighted by molar-refractivity contribution is -0.144. The molecule has 13 heteroatoms. The summed E-state index contributed by atoms with van der Waals surface area (Å²) in [6, 6.07) is 18.4. The van der Waals surface area contributed by atoms with Crippen LogP contribution >= 0.6 is 0 Å². The minimum Gasteiger partial charge on any atom is -0.465 e. The van der Waals surface area contributed by atoms with E-state index in [2.05, 4.69) is 0 Å². The molecule has 0 aliphatic rings. The topological polar surface area (TPSA) is 144 Å². The van der Waals surface area contributed by atoms with E-state index in [1.165, 1.54) is 12.1 Å². The molecule has 4 rings (SSSR count). The van der Waals surface area contributed by atoms with Crippen LogP contribution in [0.1, 0.15) is 25.0 Å². The summed E-state index contributed by atoms with van der Waals surface area (Å²) in [5.74, 6) is -1.41. The highest BCUT2D eigenvalue weighted by Gasteiger charge is 2.29. The molecular weight excluding hydrogens is 572 g/mol. The average molecular weight is 603 g/mol. The molecule has 0 amide bonds. The van der Waals surface area contributed by atoms with Gasteiger partial charge in [-0.1, -0.05) is 42.5 Å². The van der Waals surface area contributed by atoms with Gasteiger partial charge in [0, 0.05) is 23.9 Å². The smallest absolute Gasteiger partial charge is 0.321 e. The van der Waals surface area contributed by atoms with Crippen LogP contribution in [0.25, 0.3) is 21.9 Å². The number of esters is 2. The van der Waals surface area contributed by atoms with Crippen LogP contribution in [-0.2, 0) is 53.4 Å². The standard InChI is InChI=1S/C28H30N2O9S2/c1-3-37-27(31)18-29(40(33)34)16-20-9-5-6-10-21(20)17-30(19-28(32)38-4-2)41(35,36)22-13-14-26-24(15-22)23-11-7-8-12-25(23)39-26/h5-15H,3-4,16-19H2,1-2H3,(H,33,34). The Balaban J connectivity index is 1.70. The number of carbonyl (C=O) groups is 2. The van der Waals surface area contributed by atoms with Gasteiger partial charge in [-0.2, -0.15) is 8.61 Å². The van der Waals surface area contributed by atoms with Crippen LogP contribution in [0.3, 0.4) is 0 Å². The molecule has 3 aromatic carbocycles. The normalized spacial score (nSPS) is 12.7. The molecule has 0 saturated carbocycles. The molecular formula is C28H30N2O9S2. The lowest BCUT2D eigenvalue weighted by Gasteiger charge is -2.24. The maximum absolute atomic E-state index is 14.0. The molecule has 41 heavy (non-hydrogen) atoms. The van der Waals surface area contributed by atoms with Gasteiger partial charge in [0.2, 0.25) is 21.3 Å². The number of nitrogens with zero attached hydrogens (tertiary/aromatic N) is 2. The zero-order chi connectivity index (χ0) is 29.6. The molecule has 218 valence electrons. The number of hydrogen-bond donors (Lipinski definition) is 1. The zero-order valence-corrected chi connectivity index (χ0v) is 24.2. The number of carbonyl (C=O) groups excluding carboxylic acids is 2. The Morgan fingerprint density at radius 1 is 0.829 bits per heavy atom. The summed E-state index contributed by atoms with van der Waals surface area (Å²) in [7, 11) is -4.24. The van der Waals surface area contributed by atoms with Crippen LogP contribution in [0, 0.1) is 0 Å². The fraction of sp³-hybridized carbons (Fsp3) is 0.286. The van der Waals surface area contributed by atoms with Crippen molar-refractivity contribution in [3.8, 4) is 0 Å². The second-order valence-corrected chi connectivity index (χ2v) is 11.9. The third kappa shape index (κ3) is 7.18. The third-order valence-corrected chi connectivity index (χ3v) is 8.73. The molecule has 0 radical (unpaired) electrons. The van der Waals surface area contributed by atoms with E-state index in [1.807, 2.05) is 18.2 Å². The van der Waals surface area contributed by atoms with Gasteiger partial charge in [-0.15, -0.1) is 0 Å².